The van der Waals surface area contributed by atoms with E-state index in [1.165, 1.54) is 10.9 Å². The van der Waals surface area contributed by atoms with Crippen LogP contribution in [0.4, 0.5) is 0 Å². The average Bonchev–Trinajstić information content (AvgIpc) is 3.42. The molecule has 4 atom stereocenters. The second-order valence-electron chi connectivity index (χ2n) is 9.01. The lowest BCUT2D eigenvalue weighted by atomic mass is 9.80. The van der Waals surface area contributed by atoms with Crippen LogP contribution in [-0.4, -0.2) is 53.4 Å². The minimum atomic E-state index is -0.678. The summed E-state index contributed by atoms with van der Waals surface area (Å²) in [5.74, 6) is 1.16. The van der Waals surface area contributed by atoms with Gasteiger partial charge in [0.2, 0.25) is 12.7 Å². The number of ether oxygens (including phenoxy) is 2. The largest absolute Gasteiger partial charge is 0.454 e. The molecule has 3 aromatic rings. The van der Waals surface area contributed by atoms with Gasteiger partial charge in [-0.1, -0.05) is 24.3 Å². The maximum atomic E-state index is 13.3. The van der Waals surface area contributed by atoms with Crippen LogP contribution in [0.3, 0.4) is 0 Å². The highest BCUT2D eigenvalue weighted by molar-refractivity contribution is 5.98. The molecule has 0 unspecified atom stereocenters. The lowest BCUT2D eigenvalue weighted by Crippen LogP contribution is -2.58. The predicted molar refractivity (Wildman–Crippen MR) is 121 cm³/mol. The normalized spacial score (nSPS) is 25.0. The first kappa shape index (κ1) is 19.6. The van der Waals surface area contributed by atoms with E-state index < -0.39 is 12.0 Å². The number of carbonyl (C=O) groups is 1. The quantitative estimate of drug-likeness (QED) is 0.591. The van der Waals surface area contributed by atoms with Crippen molar-refractivity contribution in [3.63, 3.8) is 0 Å². The third-order valence-corrected chi connectivity index (χ3v) is 7.34. The molecule has 1 aromatic heterocycles. The SMILES string of the molecule is CN[C@H]1C[C@H]2c3[nH]c4c(-c5ccc6c(c5)OCO6)cccc4c3CCN2C(=O)[C@H]1[C@H](C)O. The Morgan fingerprint density at radius 2 is 2.06 bits per heavy atom. The van der Waals surface area contributed by atoms with Crippen molar-refractivity contribution in [1.29, 1.82) is 0 Å². The summed E-state index contributed by atoms with van der Waals surface area (Å²) in [5, 5.41) is 14.8. The summed E-state index contributed by atoms with van der Waals surface area (Å²) in [6.45, 7) is 2.64. The predicted octanol–water partition coefficient (Wildman–Crippen LogP) is 2.98. The number of aromatic amines is 1. The van der Waals surface area contributed by atoms with Gasteiger partial charge in [-0.05, 0) is 50.1 Å². The molecule has 1 fully saturated rings. The first-order chi connectivity index (χ1) is 15.6. The van der Waals surface area contributed by atoms with E-state index in [2.05, 4.69) is 34.6 Å². The Morgan fingerprint density at radius 3 is 2.88 bits per heavy atom. The van der Waals surface area contributed by atoms with Gasteiger partial charge >= 0.3 is 0 Å². The van der Waals surface area contributed by atoms with E-state index in [-0.39, 0.29) is 24.8 Å². The number of para-hydroxylation sites is 1. The van der Waals surface area contributed by atoms with Crippen LogP contribution in [0.2, 0.25) is 0 Å². The molecule has 0 spiro atoms. The topological polar surface area (TPSA) is 86.8 Å². The number of benzene rings is 2. The zero-order valence-electron chi connectivity index (χ0n) is 18.2. The van der Waals surface area contributed by atoms with Gasteiger partial charge in [0.25, 0.3) is 0 Å². The van der Waals surface area contributed by atoms with Crippen LogP contribution >= 0.6 is 0 Å². The molecule has 166 valence electrons. The number of amides is 1. The van der Waals surface area contributed by atoms with E-state index in [1.807, 2.05) is 24.1 Å². The molecule has 1 saturated heterocycles. The van der Waals surface area contributed by atoms with Gasteiger partial charge < -0.3 is 29.8 Å². The van der Waals surface area contributed by atoms with Gasteiger partial charge in [0.15, 0.2) is 11.5 Å². The Balaban J connectivity index is 1.45. The highest BCUT2D eigenvalue weighted by atomic mass is 16.7. The van der Waals surface area contributed by atoms with Crippen LogP contribution in [0, 0.1) is 5.92 Å². The maximum Gasteiger partial charge on any atom is 0.231 e. The van der Waals surface area contributed by atoms with E-state index in [0.29, 0.717) is 6.54 Å². The molecule has 3 aliphatic rings. The number of nitrogens with zero attached hydrogens (tertiary/aromatic N) is 1. The Hall–Kier alpha value is -3.03. The molecule has 0 aliphatic carbocycles. The molecule has 7 heteroatoms. The molecule has 0 saturated carbocycles. The van der Waals surface area contributed by atoms with Gasteiger partial charge in [0.1, 0.15) is 0 Å². The van der Waals surface area contributed by atoms with Crippen molar-refractivity contribution >= 4 is 16.8 Å². The molecular formula is C25H27N3O4. The number of nitrogens with one attached hydrogen (secondary N) is 2. The Bertz CT molecular complexity index is 1220. The van der Waals surface area contributed by atoms with Crippen LogP contribution in [0.5, 0.6) is 11.5 Å². The van der Waals surface area contributed by atoms with E-state index >= 15 is 0 Å². The summed E-state index contributed by atoms with van der Waals surface area (Å²) in [6, 6.07) is 12.3. The number of rotatable bonds is 3. The average molecular weight is 434 g/mol. The fourth-order valence-electron chi connectivity index (χ4n) is 5.80. The number of hydrogen-bond acceptors (Lipinski definition) is 5. The van der Waals surface area contributed by atoms with Gasteiger partial charge in [-0.3, -0.25) is 4.79 Å². The minimum Gasteiger partial charge on any atom is -0.454 e. The Morgan fingerprint density at radius 1 is 1.22 bits per heavy atom. The zero-order valence-corrected chi connectivity index (χ0v) is 18.2. The molecule has 2 aromatic carbocycles. The van der Waals surface area contributed by atoms with Gasteiger partial charge in [-0.15, -0.1) is 0 Å². The van der Waals surface area contributed by atoms with Crippen molar-refractivity contribution in [3.05, 3.63) is 47.7 Å². The van der Waals surface area contributed by atoms with Crippen LogP contribution in [-0.2, 0) is 11.2 Å². The zero-order chi connectivity index (χ0) is 22.0. The number of aromatic nitrogens is 1. The molecular weight excluding hydrogens is 406 g/mol. The number of piperidine rings is 1. The van der Waals surface area contributed by atoms with Crippen LogP contribution in [0.25, 0.3) is 22.0 Å². The number of aliphatic hydroxyl groups is 1. The molecule has 0 bridgehead atoms. The third kappa shape index (κ3) is 2.77. The molecule has 3 N–H and O–H groups in total. The summed E-state index contributed by atoms with van der Waals surface area (Å²) in [7, 11) is 1.87. The number of H-pyrrole nitrogens is 1. The smallest absolute Gasteiger partial charge is 0.231 e. The minimum absolute atomic E-state index is 0.0179. The number of fused-ring (bicyclic) bond motifs is 6. The van der Waals surface area contributed by atoms with Gasteiger partial charge in [0.05, 0.1) is 23.6 Å². The van der Waals surface area contributed by atoms with Crippen LogP contribution in [0.15, 0.2) is 36.4 Å². The molecule has 6 rings (SSSR count). The molecule has 0 radical (unpaired) electrons. The van der Waals surface area contributed by atoms with Crippen molar-refractivity contribution < 1.29 is 19.4 Å². The number of aliphatic hydroxyl groups excluding tert-OH is 1. The fraction of sp³-hybridized carbons (Fsp3) is 0.400. The van der Waals surface area contributed by atoms with Crippen molar-refractivity contribution in [2.24, 2.45) is 5.92 Å². The van der Waals surface area contributed by atoms with Gasteiger partial charge in [-0.2, -0.15) is 0 Å². The maximum absolute atomic E-state index is 13.3. The summed E-state index contributed by atoms with van der Waals surface area (Å²) in [4.78, 5) is 18.9. The van der Waals surface area contributed by atoms with E-state index in [9.17, 15) is 9.90 Å². The van der Waals surface area contributed by atoms with Gasteiger partial charge in [-0.25, -0.2) is 0 Å². The van der Waals surface area contributed by atoms with Crippen molar-refractivity contribution in [2.45, 2.75) is 38.0 Å². The number of hydrogen-bond donors (Lipinski definition) is 3. The standard InChI is InChI=1S/C25H27N3O4/c1-13(29)22-18(26-2)11-19-24-17(8-9-28(19)25(22)30)16-5-3-4-15(23(16)27-24)14-6-7-20-21(10-14)32-12-31-20/h3-7,10,13,18-19,22,26-27,29H,8-9,11-12H2,1-2H3/t13-,18-,19-,22-/m0/s1. The first-order valence-electron chi connectivity index (χ1n) is 11.3. The van der Waals surface area contributed by atoms with Crippen LogP contribution in [0.1, 0.15) is 30.6 Å². The van der Waals surface area contributed by atoms with Crippen molar-refractivity contribution in [1.82, 2.24) is 15.2 Å². The fourth-order valence-corrected chi connectivity index (χ4v) is 5.80. The highest BCUT2D eigenvalue weighted by Gasteiger charge is 2.46. The summed E-state index contributed by atoms with van der Waals surface area (Å²) >= 11 is 0. The van der Waals surface area contributed by atoms with Crippen molar-refractivity contribution in [3.8, 4) is 22.6 Å². The molecule has 7 nitrogen and oxygen atoms in total. The van der Waals surface area contributed by atoms with E-state index in [4.69, 9.17) is 9.47 Å². The van der Waals surface area contributed by atoms with Crippen molar-refractivity contribution in [2.75, 3.05) is 20.4 Å². The second-order valence-corrected chi connectivity index (χ2v) is 9.01. The lowest BCUT2D eigenvalue weighted by Gasteiger charge is -2.46. The number of carbonyl (C=O) groups excluding carboxylic acids is 1. The summed E-state index contributed by atoms with van der Waals surface area (Å²) in [5.41, 5.74) is 5.68. The molecule has 32 heavy (non-hydrogen) atoms. The molecule has 3 aliphatic heterocycles. The Kier molecular flexibility index (Phi) is 4.45. The summed E-state index contributed by atoms with van der Waals surface area (Å²) < 4.78 is 11.1. The van der Waals surface area contributed by atoms with E-state index in [0.717, 1.165) is 46.7 Å². The highest BCUT2D eigenvalue weighted by Crippen LogP contribution is 2.44. The third-order valence-electron chi connectivity index (χ3n) is 7.34. The van der Waals surface area contributed by atoms with E-state index in [1.54, 1.807) is 6.92 Å². The molecule has 1 amide bonds. The van der Waals surface area contributed by atoms with Gasteiger partial charge in [0, 0.05) is 29.2 Å². The second kappa shape index (κ2) is 7.25. The molecule has 4 heterocycles. The monoisotopic (exact) mass is 433 g/mol. The Labute approximate surface area is 186 Å². The first-order valence-corrected chi connectivity index (χ1v) is 11.3. The summed E-state index contributed by atoms with van der Waals surface area (Å²) in [6.07, 6.45) is 0.901. The van der Waals surface area contributed by atoms with Crippen LogP contribution < -0.4 is 14.8 Å². The lowest BCUT2D eigenvalue weighted by molar-refractivity contribution is -0.149.